The van der Waals surface area contributed by atoms with E-state index in [-0.39, 0.29) is 42.2 Å². The van der Waals surface area contributed by atoms with Crippen molar-refractivity contribution in [3.05, 3.63) is 40.6 Å². The summed E-state index contributed by atoms with van der Waals surface area (Å²) < 4.78 is 43.7. The Bertz CT molecular complexity index is 729. The SMILES string of the molecule is COC(=O)C1=C(Nc2ccc(C)c(C(F)(F)F)c2)C(=O)N(CCO)C1. The minimum Gasteiger partial charge on any atom is -0.466 e. The van der Waals surface area contributed by atoms with E-state index in [2.05, 4.69) is 10.1 Å². The topological polar surface area (TPSA) is 78.9 Å². The van der Waals surface area contributed by atoms with Crippen LogP contribution >= 0.6 is 0 Å². The molecule has 25 heavy (non-hydrogen) atoms. The number of carbonyl (C=O) groups excluding carboxylic acids is 2. The molecule has 0 spiro atoms. The molecule has 2 rings (SSSR count). The lowest BCUT2D eigenvalue weighted by Gasteiger charge is -2.16. The first-order chi connectivity index (χ1) is 11.7. The van der Waals surface area contributed by atoms with Gasteiger partial charge in [0.2, 0.25) is 0 Å². The molecule has 0 saturated heterocycles. The van der Waals surface area contributed by atoms with E-state index in [0.29, 0.717) is 0 Å². The van der Waals surface area contributed by atoms with E-state index in [9.17, 15) is 22.8 Å². The fourth-order valence-corrected chi connectivity index (χ4v) is 2.50. The van der Waals surface area contributed by atoms with Crippen molar-refractivity contribution in [2.75, 3.05) is 32.1 Å². The van der Waals surface area contributed by atoms with Crippen molar-refractivity contribution in [2.24, 2.45) is 0 Å². The number of benzene rings is 1. The molecule has 0 aromatic heterocycles. The van der Waals surface area contributed by atoms with E-state index in [1.54, 1.807) is 0 Å². The maximum atomic E-state index is 13.0. The molecule has 0 radical (unpaired) electrons. The Kier molecular flexibility index (Phi) is 5.36. The van der Waals surface area contributed by atoms with Crippen LogP contribution in [0.3, 0.4) is 0 Å². The van der Waals surface area contributed by atoms with Crippen LogP contribution in [0.4, 0.5) is 18.9 Å². The number of aliphatic hydroxyl groups is 1. The first-order valence-corrected chi connectivity index (χ1v) is 7.35. The van der Waals surface area contributed by atoms with Crippen molar-refractivity contribution in [3.8, 4) is 0 Å². The molecule has 2 N–H and O–H groups in total. The minimum atomic E-state index is -4.54. The van der Waals surface area contributed by atoms with Gasteiger partial charge in [-0.1, -0.05) is 6.07 Å². The zero-order valence-electron chi connectivity index (χ0n) is 13.6. The number of alkyl halides is 3. The van der Waals surface area contributed by atoms with Gasteiger partial charge in [0.05, 0.1) is 31.4 Å². The average Bonchev–Trinajstić information content (AvgIpc) is 2.84. The summed E-state index contributed by atoms with van der Waals surface area (Å²) in [6.45, 7) is 0.921. The fraction of sp³-hybridized carbons (Fsp3) is 0.375. The maximum absolute atomic E-state index is 13.0. The lowest BCUT2D eigenvalue weighted by Crippen LogP contribution is -2.31. The normalized spacial score (nSPS) is 15.0. The Balaban J connectivity index is 2.39. The lowest BCUT2D eigenvalue weighted by molar-refractivity contribution is -0.138. The van der Waals surface area contributed by atoms with Crippen molar-refractivity contribution >= 4 is 17.6 Å². The summed E-state index contributed by atoms with van der Waals surface area (Å²) in [5.74, 6) is -1.36. The number of ether oxygens (including phenoxy) is 1. The smallest absolute Gasteiger partial charge is 0.416 e. The van der Waals surface area contributed by atoms with Gasteiger partial charge < -0.3 is 20.1 Å². The predicted molar refractivity (Wildman–Crippen MR) is 82.5 cm³/mol. The number of anilines is 1. The highest BCUT2D eigenvalue weighted by molar-refractivity contribution is 6.08. The third kappa shape index (κ3) is 3.93. The number of methoxy groups -OCH3 is 1. The van der Waals surface area contributed by atoms with Crippen LogP contribution < -0.4 is 5.32 Å². The van der Waals surface area contributed by atoms with E-state index in [4.69, 9.17) is 5.11 Å². The average molecular weight is 358 g/mol. The number of rotatable bonds is 5. The summed E-state index contributed by atoms with van der Waals surface area (Å²) in [6, 6.07) is 3.53. The first-order valence-electron chi connectivity index (χ1n) is 7.35. The van der Waals surface area contributed by atoms with Crippen LogP contribution in [0.5, 0.6) is 0 Å². The molecular formula is C16H17F3N2O4. The predicted octanol–water partition coefficient (Wildman–Crippen LogP) is 1.69. The standard InChI is InChI=1S/C16H17F3N2O4/c1-9-3-4-10(7-12(9)16(17,18)19)20-13-11(15(24)25-2)8-21(5-6-22)14(13)23/h3-4,7,20,22H,5-6,8H2,1-2H3. The number of halogens is 3. The van der Waals surface area contributed by atoms with Crippen LogP contribution in [0.1, 0.15) is 11.1 Å². The van der Waals surface area contributed by atoms with Gasteiger partial charge in [-0.15, -0.1) is 0 Å². The molecule has 0 atom stereocenters. The van der Waals surface area contributed by atoms with E-state index in [1.807, 2.05) is 0 Å². The second-order valence-corrected chi connectivity index (χ2v) is 5.45. The molecule has 1 amide bonds. The Morgan fingerprint density at radius 2 is 2.08 bits per heavy atom. The van der Waals surface area contributed by atoms with Crippen LogP contribution in [0.25, 0.3) is 0 Å². The van der Waals surface area contributed by atoms with Crippen LogP contribution in [-0.2, 0) is 20.5 Å². The summed E-state index contributed by atoms with van der Waals surface area (Å²) >= 11 is 0. The number of hydrogen-bond acceptors (Lipinski definition) is 5. The molecule has 0 unspecified atom stereocenters. The molecule has 1 heterocycles. The molecule has 136 valence electrons. The van der Waals surface area contributed by atoms with Gasteiger partial charge in [0.25, 0.3) is 5.91 Å². The molecule has 1 aliphatic rings. The highest BCUT2D eigenvalue weighted by Gasteiger charge is 2.36. The van der Waals surface area contributed by atoms with E-state index in [0.717, 1.165) is 13.2 Å². The van der Waals surface area contributed by atoms with Gasteiger partial charge in [-0.2, -0.15) is 13.2 Å². The van der Waals surface area contributed by atoms with Gasteiger partial charge in [-0.05, 0) is 24.6 Å². The highest BCUT2D eigenvalue weighted by atomic mass is 19.4. The van der Waals surface area contributed by atoms with E-state index in [1.165, 1.54) is 24.0 Å². The number of hydrogen-bond donors (Lipinski definition) is 2. The number of nitrogens with one attached hydrogen (secondary N) is 1. The molecule has 1 aliphatic heterocycles. The Labute approximate surface area is 141 Å². The second kappa shape index (κ2) is 7.14. The Hall–Kier alpha value is -2.55. The molecule has 0 aliphatic carbocycles. The van der Waals surface area contributed by atoms with Crippen molar-refractivity contribution in [1.82, 2.24) is 4.90 Å². The summed E-state index contributed by atoms with van der Waals surface area (Å²) in [6.07, 6.45) is -4.54. The van der Waals surface area contributed by atoms with Crippen LogP contribution in [-0.4, -0.2) is 48.7 Å². The number of nitrogens with zero attached hydrogens (tertiary/aromatic N) is 1. The highest BCUT2D eigenvalue weighted by Crippen LogP contribution is 2.34. The quantitative estimate of drug-likeness (QED) is 0.783. The first kappa shape index (κ1) is 18.8. The summed E-state index contributed by atoms with van der Waals surface area (Å²) in [4.78, 5) is 25.4. The molecule has 0 fully saturated rings. The third-order valence-corrected chi connectivity index (χ3v) is 3.77. The fourth-order valence-electron chi connectivity index (χ4n) is 2.50. The summed E-state index contributed by atoms with van der Waals surface area (Å²) in [5.41, 5.74) is -0.934. The van der Waals surface area contributed by atoms with Crippen molar-refractivity contribution in [2.45, 2.75) is 13.1 Å². The molecule has 0 saturated carbocycles. The number of aliphatic hydroxyl groups excluding tert-OH is 1. The van der Waals surface area contributed by atoms with E-state index >= 15 is 0 Å². The zero-order chi connectivity index (χ0) is 18.8. The van der Waals surface area contributed by atoms with Crippen LogP contribution in [0, 0.1) is 6.92 Å². The summed E-state index contributed by atoms with van der Waals surface area (Å²) in [7, 11) is 1.14. The van der Waals surface area contributed by atoms with Crippen molar-refractivity contribution in [1.29, 1.82) is 0 Å². The number of esters is 1. The number of β-amino-alcohol motifs (C(OH)–C–C–N with tert-alkyl or cyclic N) is 1. The van der Waals surface area contributed by atoms with Gasteiger partial charge in [-0.3, -0.25) is 4.79 Å². The summed E-state index contributed by atoms with van der Waals surface area (Å²) in [5, 5.41) is 11.6. The minimum absolute atomic E-state index is 0.00455. The molecule has 0 bridgehead atoms. The van der Waals surface area contributed by atoms with Gasteiger partial charge in [0.1, 0.15) is 5.70 Å². The van der Waals surface area contributed by atoms with Crippen molar-refractivity contribution < 1.29 is 32.6 Å². The maximum Gasteiger partial charge on any atom is 0.416 e. The largest absolute Gasteiger partial charge is 0.466 e. The zero-order valence-corrected chi connectivity index (χ0v) is 13.6. The van der Waals surface area contributed by atoms with Gasteiger partial charge in [0.15, 0.2) is 0 Å². The molecule has 1 aromatic rings. The third-order valence-electron chi connectivity index (χ3n) is 3.77. The number of aryl methyl sites for hydroxylation is 1. The molecule has 6 nitrogen and oxygen atoms in total. The van der Waals surface area contributed by atoms with Crippen molar-refractivity contribution in [3.63, 3.8) is 0 Å². The molecule has 9 heteroatoms. The molecule has 1 aromatic carbocycles. The Morgan fingerprint density at radius 3 is 2.64 bits per heavy atom. The molecular weight excluding hydrogens is 341 g/mol. The lowest BCUT2D eigenvalue weighted by atomic mass is 10.1. The van der Waals surface area contributed by atoms with Crippen LogP contribution in [0.15, 0.2) is 29.5 Å². The van der Waals surface area contributed by atoms with Gasteiger partial charge in [0, 0.05) is 12.2 Å². The van der Waals surface area contributed by atoms with Crippen LogP contribution in [0.2, 0.25) is 0 Å². The number of amides is 1. The van der Waals surface area contributed by atoms with E-state index < -0.39 is 23.6 Å². The second-order valence-electron chi connectivity index (χ2n) is 5.45. The van der Waals surface area contributed by atoms with Gasteiger partial charge in [-0.25, -0.2) is 4.79 Å². The van der Waals surface area contributed by atoms with Gasteiger partial charge >= 0.3 is 12.1 Å². The Morgan fingerprint density at radius 1 is 1.40 bits per heavy atom. The number of carbonyl (C=O) groups is 2. The monoisotopic (exact) mass is 358 g/mol.